The van der Waals surface area contributed by atoms with E-state index in [2.05, 4.69) is 49.7 Å². The molecule has 3 aliphatic rings. The molecule has 0 bridgehead atoms. The SMILES string of the molecule is CN1c2ccc(F)cc2C(=O)N2CCc3c([nH]c4ccc(B5OC(C)(C)C(C)(C)O5)cc34)C21. The number of aromatic nitrogens is 1. The van der Waals surface area contributed by atoms with Crippen LogP contribution in [0.3, 0.4) is 0 Å². The molecule has 3 aromatic rings. The lowest BCUT2D eigenvalue weighted by Crippen LogP contribution is -2.51. The van der Waals surface area contributed by atoms with Gasteiger partial charge in [0.2, 0.25) is 0 Å². The van der Waals surface area contributed by atoms with Crippen molar-refractivity contribution in [2.75, 3.05) is 18.5 Å². The molecule has 6 rings (SSSR count). The van der Waals surface area contributed by atoms with Gasteiger partial charge in [0, 0.05) is 24.5 Å². The molecule has 1 amide bonds. The predicted octanol–water partition coefficient (Wildman–Crippen LogP) is 3.75. The van der Waals surface area contributed by atoms with Crippen LogP contribution in [-0.4, -0.2) is 47.7 Å². The van der Waals surface area contributed by atoms with E-state index >= 15 is 0 Å². The number of nitrogens with one attached hydrogen (secondary N) is 1. The number of benzene rings is 2. The van der Waals surface area contributed by atoms with Crippen LogP contribution in [0.15, 0.2) is 36.4 Å². The Morgan fingerprint density at radius 1 is 1.09 bits per heavy atom. The molecular weight excluding hydrogens is 420 g/mol. The van der Waals surface area contributed by atoms with Crippen molar-refractivity contribution < 1.29 is 18.5 Å². The van der Waals surface area contributed by atoms with Crippen molar-refractivity contribution in [1.82, 2.24) is 9.88 Å². The summed E-state index contributed by atoms with van der Waals surface area (Å²) in [6.45, 7) is 8.79. The van der Waals surface area contributed by atoms with Crippen LogP contribution in [0.5, 0.6) is 0 Å². The number of amides is 1. The number of anilines is 1. The topological polar surface area (TPSA) is 57.8 Å². The van der Waals surface area contributed by atoms with Gasteiger partial charge in [-0.25, -0.2) is 4.39 Å². The Kier molecular flexibility index (Phi) is 4.16. The normalized spacial score (nSPS) is 23.0. The molecule has 2 aromatic carbocycles. The number of carbonyl (C=O) groups is 1. The molecule has 0 spiro atoms. The lowest BCUT2D eigenvalue weighted by atomic mass is 9.78. The third kappa shape index (κ3) is 2.83. The highest BCUT2D eigenvalue weighted by molar-refractivity contribution is 6.62. The van der Waals surface area contributed by atoms with Crippen LogP contribution in [-0.2, 0) is 15.7 Å². The fourth-order valence-corrected chi connectivity index (χ4v) is 5.30. The molecule has 3 aliphatic heterocycles. The van der Waals surface area contributed by atoms with Gasteiger partial charge >= 0.3 is 7.12 Å². The molecule has 8 heteroatoms. The highest BCUT2D eigenvalue weighted by Gasteiger charge is 2.52. The second kappa shape index (κ2) is 6.61. The second-order valence-electron chi connectivity index (χ2n) is 10.3. The highest BCUT2D eigenvalue weighted by Crippen LogP contribution is 2.43. The van der Waals surface area contributed by atoms with Crippen molar-refractivity contribution in [2.24, 2.45) is 0 Å². The number of H-pyrrole nitrogens is 1. The summed E-state index contributed by atoms with van der Waals surface area (Å²) in [5, 5.41) is 1.13. The quantitative estimate of drug-likeness (QED) is 0.578. The standard InChI is InChI=1S/C25H27BFN3O3/c1-24(2)25(3,4)33-26(32-24)14-6-8-19-17(12-14)16-10-11-30-22(21(16)28-19)29(5)20-9-7-15(27)13-18(20)23(30)31/h6-9,12-13,22,28H,10-11H2,1-5H3. The number of hydrogen-bond acceptors (Lipinski definition) is 4. The van der Waals surface area contributed by atoms with Gasteiger partial charge in [-0.2, -0.15) is 0 Å². The molecule has 170 valence electrons. The van der Waals surface area contributed by atoms with E-state index in [0.29, 0.717) is 12.1 Å². The Morgan fingerprint density at radius 3 is 2.55 bits per heavy atom. The maximum absolute atomic E-state index is 13.8. The summed E-state index contributed by atoms with van der Waals surface area (Å²) < 4.78 is 26.4. The number of aromatic amines is 1. The number of carbonyl (C=O) groups excluding carboxylic acids is 1. The minimum Gasteiger partial charge on any atom is -0.399 e. The average Bonchev–Trinajstić information content (AvgIpc) is 3.24. The maximum Gasteiger partial charge on any atom is 0.494 e. The number of nitrogens with zero attached hydrogens (tertiary/aromatic N) is 2. The van der Waals surface area contributed by atoms with Crippen molar-refractivity contribution in [2.45, 2.75) is 51.5 Å². The molecule has 6 nitrogen and oxygen atoms in total. The summed E-state index contributed by atoms with van der Waals surface area (Å²) >= 11 is 0. The van der Waals surface area contributed by atoms with Crippen molar-refractivity contribution in [3.63, 3.8) is 0 Å². The average molecular weight is 447 g/mol. The zero-order valence-corrected chi connectivity index (χ0v) is 19.5. The predicted molar refractivity (Wildman–Crippen MR) is 126 cm³/mol. The Morgan fingerprint density at radius 2 is 1.82 bits per heavy atom. The summed E-state index contributed by atoms with van der Waals surface area (Å²) in [6, 6.07) is 10.7. The molecule has 33 heavy (non-hydrogen) atoms. The Bertz CT molecular complexity index is 1300. The van der Waals surface area contributed by atoms with Gasteiger partial charge in [0.1, 0.15) is 12.0 Å². The number of halogens is 1. The van der Waals surface area contributed by atoms with Crippen LogP contribution in [0.25, 0.3) is 10.9 Å². The van der Waals surface area contributed by atoms with Crippen LogP contribution >= 0.6 is 0 Å². The van der Waals surface area contributed by atoms with Gasteiger partial charge in [-0.1, -0.05) is 12.1 Å². The van der Waals surface area contributed by atoms with Gasteiger partial charge in [0.05, 0.1) is 28.1 Å². The third-order valence-corrected chi connectivity index (χ3v) is 7.84. The van der Waals surface area contributed by atoms with E-state index < -0.39 is 24.1 Å². The number of rotatable bonds is 1. The van der Waals surface area contributed by atoms with Crippen molar-refractivity contribution in [3.05, 3.63) is 59.0 Å². The fourth-order valence-electron chi connectivity index (χ4n) is 5.30. The summed E-state index contributed by atoms with van der Waals surface area (Å²) in [5.41, 5.74) is 4.57. The van der Waals surface area contributed by atoms with Crippen LogP contribution in [0, 0.1) is 5.82 Å². The third-order valence-electron chi connectivity index (χ3n) is 7.84. The summed E-state index contributed by atoms with van der Waals surface area (Å²) in [5.74, 6) is -0.526. The zero-order chi connectivity index (χ0) is 23.3. The molecule has 1 saturated heterocycles. The van der Waals surface area contributed by atoms with Gasteiger partial charge in [-0.15, -0.1) is 0 Å². The summed E-state index contributed by atoms with van der Waals surface area (Å²) in [4.78, 5) is 20.7. The van der Waals surface area contributed by atoms with E-state index in [0.717, 1.165) is 34.2 Å². The molecule has 1 fully saturated rings. The van der Waals surface area contributed by atoms with Crippen LogP contribution in [0.2, 0.25) is 0 Å². The first kappa shape index (κ1) is 20.7. The largest absolute Gasteiger partial charge is 0.494 e. The smallest absolute Gasteiger partial charge is 0.399 e. The first-order valence-electron chi connectivity index (χ1n) is 11.4. The Labute approximate surface area is 192 Å². The first-order valence-corrected chi connectivity index (χ1v) is 11.4. The first-order chi connectivity index (χ1) is 15.6. The molecule has 1 aromatic heterocycles. The zero-order valence-electron chi connectivity index (χ0n) is 19.5. The number of fused-ring (bicyclic) bond motifs is 6. The summed E-state index contributed by atoms with van der Waals surface area (Å²) in [6.07, 6.45) is 0.468. The monoisotopic (exact) mass is 447 g/mol. The van der Waals surface area contributed by atoms with E-state index in [1.54, 1.807) is 6.07 Å². The molecular formula is C25H27BFN3O3. The van der Waals surface area contributed by atoms with Gasteiger partial charge in [0.15, 0.2) is 0 Å². The van der Waals surface area contributed by atoms with Crippen molar-refractivity contribution in [3.8, 4) is 0 Å². The van der Waals surface area contributed by atoms with Gasteiger partial charge in [-0.05, 0) is 69.4 Å². The van der Waals surface area contributed by atoms with E-state index in [1.807, 2.05) is 18.0 Å². The molecule has 4 heterocycles. The lowest BCUT2D eigenvalue weighted by Gasteiger charge is -2.46. The van der Waals surface area contributed by atoms with Crippen LogP contribution < -0.4 is 10.4 Å². The summed E-state index contributed by atoms with van der Waals surface area (Å²) in [7, 11) is 1.53. The minimum absolute atomic E-state index is 0.130. The molecule has 1 atom stereocenters. The molecule has 0 saturated carbocycles. The molecule has 1 N–H and O–H groups in total. The second-order valence-corrected chi connectivity index (χ2v) is 10.3. The van der Waals surface area contributed by atoms with Gasteiger partial charge in [-0.3, -0.25) is 4.79 Å². The fraction of sp³-hybridized carbons (Fsp3) is 0.400. The Balaban J connectivity index is 1.43. The van der Waals surface area contributed by atoms with Crippen molar-refractivity contribution >= 4 is 35.1 Å². The van der Waals surface area contributed by atoms with Crippen LogP contribution in [0.4, 0.5) is 10.1 Å². The van der Waals surface area contributed by atoms with E-state index in [1.165, 1.54) is 17.7 Å². The molecule has 0 aliphatic carbocycles. The highest BCUT2D eigenvalue weighted by atomic mass is 19.1. The van der Waals surface area contributed by atoms with Gasteiger partial charge < -0.3 is 24.1 Å². The lowest BCUT2D eigenvalue weighted by molar-refractivity contribution is 0.00578. The van der Waals surface area contributed by atoms with Crippen molar-refractivity contribution in [1.29, 1.82) is 0 Å². The number of hydrogen-bond donors (Lipinski definition) is 1. The van der Waals surface area contributed by atoms with Gasteiger partial charge in [0.25, 0.3) is 5.91 Å². The maximum atomic E-state index is 13.8. The Hall–Kier alpha value is -2.84. The van der Waals surface area contributed by atoms with E-state index in [9.17, 15) is 9.18 Å². The van der Waals surface area contributed by atoms with Crippen LogP contribution in [0.1, 0.15) is 55.5 Å². The molecule has 1 unspecified atom stereocenters. The van der Waals surface area contributed by atoms with E-state index in [-0.39, 0.29) is 12.1 Å². The van der Waals surface area contributed by atoms with E-state index in [4.69, 9.17) is 9.31 Å². The minimum atomic E-state index is -0.425. The molecule has 0 radical (unpaired) electrons.